The van der Waals surface area contributed by atoms with Crippen LogP contribution in [0.4, 0.5) is 4.79 Å². The van der Waals surface area contributed by atoms with Crippen LogP contribution in [0, 0.1) is 0 Å². The number of nitrogens with zero attached hydrogens (tertiary/aromatic N) is 1. The summed E-state index contributed by atoms with van der Waals surface area (Å²) in [7, 11) is 0. The van der Waals surface area contributed by atoms with Crippen LogP contribution in [0.2, 0.25) is 0 Å². The van der Waals surface area contributed by atoms with Crippen LogP contribution in [0.1, 0.15) is 49.9 Å². The number of nitrogens with one attached hydrogen (secondary N) is 2. The lowest BCUT2D eigenvalue weighted by Gasteiger charge is -2.30. The minimum absolute atomic E-state index is 0.132. The van der Waals surface area contributed by atoms with E-state index in [1.165, 1.54) is 0 Å². The Balaban J connectivity index is 1.62. The second-order valence-electron chi connectivity index (χ2n) is 6.27. The molecule has 1 aliphatic heterocycles. The summed E-state index contributed by atoms with van der Waals surface area (Å²) in [5, 5.41) is 7.60. The number of amides is 4. The van der Waals surface area contributed by atoms with Crippen LogP contribution in [-0.2, 0) is 9.59 Å². The highest BCUT2D eigenvalue weighted by Gasteiger charge is 2.51. The molecule has 23 heavy (non-hydrogen) atoms. The van der Waals surface area contributed by atoms with Gasteiger partial charge in [-0.25, -0.2) is 4.79 Å². The fourth-order valence-corrected chi connectivity index (χ4v) is 4.09. The van der Waals surface area contributed by atoms with E-state index in [0.29, 0.717) is 12.8 Å². The fraction of sp³-hybridized carbons (Fsp3) is 0.562. The predicted molar refractivity (Wildman–Crippen MR) is 86.9 cm³/mol. The van der Waals surface area contributed by atoms with Crippen LogP contribution in [-0.4, -0.2) is 34.8 Å². The number of thiophene rings is 1. The molecule has 4 amide bonds. The Morgan fingerprint density at radius 3 is 2.78 bits per heavy atom. The topological polar surface area (TPSA) is 78.5 Å². The van der Waals surface area contributed by atoms with Gasteiger partial charge in [-0.05, 0) is 31.2 Å². The van der Waals surface area contributed by atoms with E-state index >= 15 is 0 Å². The molecule has 1 aromatic heterocycles. The Bertz CT molecular complexity index is 608. The monoisotopic (exact) mass is 335 g/mol. The zero-order valence-corrected chi connectivity index (χ0v) is 13.9. The van der Waals surface area contributed by atoms with Crippen LogP contribution < -0.4 is 10.6 Å². The van der Waals surface area contributed by atoms with Crippen LogP contribution in [0.5, 0.6) is 0 Å². The van der Waals surface area contributed by atoms with Crippen molar-refractivity contribution in [3.05, 3.63) is 22.4 Å². The average Bonchev–Trinajstić information content (AvgIpc) is 3.13. The van der Waals surface area contributed by atoms with Gasteiger partial charge in [0.25, 0.3) is 5.91 Å². The molecule has 3 rings (SSSR count). The van der Waals surface area contributed by atoms with Gasteiger partial charge in [0.2, 0.25) is 5.91 Å². The standard InChI is InChI=1S/C16H21N3O3S/c1-11(12-6-5-9-23-12)17-13(20)10-19-14(21)16(18-15(19)22)7-3-2-4-8-16/h5-6,9,11H,2-4,7-8,10H2,1H3,(H,17,20)(H,18,22)/t11-/m0/s1. The molecule has 0 unspecified atom stereocenters. The third kappa shape index (κ3) is 3.10. The Morgan fingerprint density at radius 2 is 2.13 bits per heavy atom. The van der Waals surface area contributed by atoms with E-state index in [1.807, 2.05) is 24.4 Å². The normalized spacial score (nSPS) is 21.3. The van der Waals surface area contributed by atoms with Gasteiger partial charge in [0.05, 0.1) is 6.04 Å². The molecule has 1 saturated carbocycles. The molecule has 0 bridgehead atoms. The van der Waals surface area contributed by atoms with Crippen molar-refractivity contribution in [2.45, 2.75) is 50.6 Å². The van der Waals surface area contributed by atoms with Crippen molar-refractivity contribution in [1.29, 1.82) is 0 Å². The molecule has 2 aliphatic rings. The highest BCUT2D eigenvalue weighted by molar-refractivity contribution is 7.10. The summed E-state index contributed by atoms with van der Waals surface area (Å²) in [5.74, 6) is -0.566. The molecule has 124 valence electrons. The molecule has 1 aromatic rings. The largest absolute Gasteiger partial charge is 0.347 e. The maximum Gasteiger partial charge on any atom is 0.325 e. The van der Waals surface area contributed by atoms with Gasteiger partial charge in [-0.1, -0.05) is 25.3 Å². The molecular formula is C16H21N3O3S. The summed E-state index contributed by atoms with van der Waals surface area (Å²) in [5.41, 5.74) is -0.769. The molecule has 1 atom stereocenters. The van der Waals surface area contributed by atoms with Gasteiger partial charge in [0, 0.05) is 4.88 Å². The quantitative estimate of drug-likeness (QED) is 0.828. The van der Waals surface area contributed by atoms with Gasteiger partial charge < -0.3 is 10.6 Å². The van der Waals surface area contributed by atoms with Crippen molar-refractivity contribution < 1.29 is 14.4 Å². The molecular weight excluding hydrogens is 314 g/mol. The minimum Gasteiger partial charge on any atom is -0.347 e. The predicted octanol–water partition coefficient (Wildman–Crippen LogP) is 2.18. The van der Waals surface area contributed by atoms with E-state index in [0.717, 1.165) is 29.0 Å². The van der Waals surface area contributed by atoms with Crippen LogP contribution in [0.3, 0.4) is 0 Å². The lowest BCUT2D eigenvalue weighted by atomic mass is 9.82. The van der Waals surface area contributed by atoms with Gasteiger partial charge in [-0.2, -0.15) is 0 Å². The molecule has 0 aromatic carbocycles. The average molecular weight is 335 g/mol. The van der Waals surface area contributed by atoms with Gasteiger partial charge in [-0.3, -0.25) is 14.5 Å². The second kappa shape index (κ2) is 6.31. The maximum absolute atomic E-state index is 12.6. The first-order valence-electron chi connectivity index (χ1n) is 7.99. The van der Waals surface area contributed by atoms with Crippen molar-refractivity contribution in [2.75, 3.05) is 6.54 Å². The van der Waals surface area contributed by atoms with Crippen LogP contribution >= 0.6 is 11.3 Å². The smallest absolute Gasteiger partial charge is 0.325 e. The Hall–Kier alpha value is -1.89. The molecule has 1 spiro atoms. The number of hydrogen-bond acceptors (Lipinski definition) is 4. The first kappa shape index (κ1) is 16.0. The van der Waals surface area contributed by atoms with Crippen molar-refractivity contribution in [3.63, 3.8) is 0 Å². The number of urea groups is 1. The summed E-state index contributed by atoms with van der Waals surface area (Å²) in [6.07, 6.45) is 4.29. The Kier molecular flexibility index (Phi) is 4.39. The van der Waals surface area contributed by atoms with Crippen molar-refractivity contribution in [1.82, 2.24) is 15.5 Å². The summed E-state index contributed by atoms with van der Waals surface area (Å²) >= 11 is 1.56. The van der Waals surface area contributed by atoms with E-state index in [4.69, 9.17) is 0 Å². The first-order valence-corrected chi connectivity index (χ1v) is 8.87. The highest BCUT2D eigenvalue weighted by atomic mass is 32.1. The molecule has 7 heteroatoms. The lowest BCUT2D eigenvalue weighted by molar-refractivity contribution is -0.136. The molecule has 2 fully saturated rings. The summed E-state index contributed by atoms with van der Waals surface area (Å²) in [6.45, 7) is 1.67. The maximum atomic E-state index is 12.6. The third-order valence-electron chi connectivity index (χ3n) is 4.60. The van der Waals surface area contributed by atoms with Crippen LogP contribution in [0.15, 0.2) is 17.5 Å². The number of carbonyl (C=O) groups excluding carboxylic acids is 3. The van der Waals surface area contributed by atoms with Gasteiger partial charge in [-0.15, -0.1) is 11.3 Å². The SMILES string of the molecule is C[C@H](NC(=O)CN1C(=O)NC2(CCCCC2)C1=O)c1cccs1. The number of rotatable bonds is 4. The zero-order valence-electron chi connectivity index (χ0n) is 13.1. The van der Waals surface area contributed by atoms with E-state index in [-0.39, 0.29) is 24.4 Å². The first-order chi connectivity index (χ1) is 11.0. The summed E-state index contributed by atoms with van der Waals surface area (Å²) < 4.78 is 0. The van der Waals surface area contributed by atoms with E-state index < -0.39 is 11.6 Å². The van der Waals surface area contributed by atoms with E-state index in [2.05, 4.69) is 10.6 Å². The number of hydrogen-bond donors (Lipinski definition) is 2. The summed E-state index contributed by atoms with van der Waals surface area (Å²) in [4.78, 5) is 39.0. The van der Waals surface area contributed by atoms with Gasteiger partial charge in [0.15, 0.2) is 0 Å². The molecule has 0 radical (unpaired) electrons. The second-order valence-corrected chi connectivity index (χ2v) is 7.25. The molecule has 6 nitrogen and oxygen atoms in total. The van der Waals surface area contributed by atoms with Crippen molar-refractivity contribution >= 4 is 29.2 Å². The lowest BCUT2D eigenvalue weighted by Crippen LogP contribution is -2.49. The van der Waals surface area contributed by atoms with Crippen LogP contribution in [0.25, 0.3) is 0 Å². The van der Waals surface area contributed by atoms with Gasteiger partial charge >= 0.3 is 6.03 Å². The fourth-order valence-electron chi connectivity index (χ4n) is 3.35. The molecule has 1 saturated heterocycles. The van der Waals surface area contributed by atoms with Crippen molar-refractivity contribution in [3.8, 4) is 0 Å². The molecule has 1 aliphatic carbocycles. The number of carbonyl (C=O) groups is 3. The zero-order chi connectivity index (χ0) is 16.4. The third-order valence-corrected chi connectivity index (χ3v) is 5.66. The van der Waals surface area contributed by atoms with Crippen molar-refractivity contribution in [2.24, 2.45) is 0 Å². The Labute approximate surface area is 139 Å². The Morgan fingerprint density at radius 1 is 1.39 bits per heavy atom. The van der Waals surface area contributed by atoms with E-state index in [9.17, 15) is 14.4 Å². The van der Waals surface area contributed by atoms with E-state index in [1.54, 1.807) is 11.3 Å². The van der Waals surface area contributed by atoms with Gasteiger partial charge in [0.1, 0.15) is 12.1 Å². The number of imide groups is 1. The molecule has 2 N–H and O–H groups in total. The highest BCUT2D eigenvalue weighted by Crippen LogP contribution is 2.33. The minimum atomic E-state index is -0.769. The summed E-state index contributed by atoms with van der Waals surface area (Å²) in [6, 6.07) is 3.29. The molecule has 2 heterocycles.